The highest BCUT2D eigenvalue weighted by molar-refractivity contribution is 5.92. The highest BCUT2D eigenvalue weighted by Gasteiger charge is 2.07. The van der Waals surface area contributed by atoms with Crippen LogP contribution in [-0.4, -0.2) is 17.6 Å². The number of hydrogen-bond acceptors (Lipinski definition) is 2. The smallest absolute Gasteiger partial charge is 0.224 e. The monoisotopic (exact) mass is 245 g/mol. The van der Waals surface area contributed by atoms with E-state index < -0.39 is 0 Å². The Morgan fingerprint density at radius 2 is 2.17 bits per heavy atom. The number of nitrogens with one attached hydrogen (secondary N) is 1. The molecule has 3 heteroatoms. The first kappa shape index (κ1) is 14.3. The van der Waals surface area contributed by atoms with Crippen LogP contribution in [0.5, 0.6) is 0 Å². The number of carbonyl (C=O) groups excluding carboxylic acids is 1. The Bertz CT molecular complexity index is 481. The standard InChI is InChI=1S/C15H19NO2/c1-11(2)9-15(18)16-14-7-6-12(3)10-13(14)5-4-8-17/h6-7,10-11,17H,8-9H2,1-3H3,(H,16,18). The highest BCUT2D eigenvalue weighted by atomic mass is 16.2. The average Bonchev–Trinajstić information content (AvgIpc) is 2.28. The molecule has 1 rings (SSSR count). The van der Waals surface area contributed by atoms with Gasteiger partial charge in [-0.2, -0.15) is 0 Å². The third-order valence-corrected chi connectivity index (χ3v) is 2.34. The zero-order chi connectivity index (χ0) is 13.5. The van der Waals surface area contributed by atoms with E-state index in [2.05, 4.69) is 17.2 Å². The molecule has 0 saturated heterocycles. The molecular weight excluding hydrogens is 226 g/mol. The molecule has 0 atom stereocenters. The number of amides is 1. The SMILES string of the molecule is Cc1ccc(NC(=O)CC(C)C)c(C#CCO)c1. The van der Waals surface area contributed by atoms with Crippen molar-refractivity contribution in [1.29, 1.82) is 0 Å². The second-order valence-corrected chi connectivity index (χ2v) is 4.66. The van der Waals surface area contributed by atoms with Crippen molar-refractivity contribution in [2.75, 3.05) is 11.9 Å². The second-order valence-electron chi connectivity index (χ2n) is 4.66. The van der Waals surface area contributed by atoms with Gasteiger partial charge in [-0.15, -0.1) is 0 Å². The normalized spacial score (nSPS) is 9.83. The molecule has 0 bridgehead atoms. The predicted octanol–water partition coefficient (Wildman–Crippen LogP) is 2.32. The van der Waals surface area contributed by atoms with Crippen molar-refractivity contribution in [2.24, 2.45) is 5.92 Å². The predicted molar refractivity (Wildman–Crippen MR) is 73.2 cm³/mol. The molecule has 1 amide bonds. The minimum atomic E-state index is -0.187. The van der Waals surface area contributed by atoms with Gasteiger partial charge in [-0.05, 0) is 30.5 Å². The van der Waals surface area contributed by atoms with Crippen molar-refractivity contribution in [2.45, 2.75) is 27.2 Å². The number of aliphatic hydroxyl groups is 1. The van der Waals surface area contributed by atoms with Crippen LogP contribution in [0.2, 0.25) is 0 Å². The molecule has 1 aromatic rings. The van der Waals surface area contributed by atoms with Crippen molar-refractivity contribution >= 4 is 11.6 Å². The molecule has 0 aliphatic carbocycles. The fraction of sp³-hybridized carbons (Fsp3) is 0.400. The molecule has 0 radical (unpaired) electrons. The van der Waals surface area contributed by atoms with Gasteiger partial charge in [0, 0.05) is 12.0 Å². The fourth-order valence-corrected chi connectivity index (χ4v) is 1.58. The Morgan fingerprint density at radius 3 is 2.78 bits per heavy atom. The van der Waals surface area contributed by atoms with Gasteiger partial charge in [0.2, 0.25) is 5.91 Å². The summed E-state index contributed by atoms with van der Waals surface area (Å²) in [6, 6.07) is 5.66. The molecule has 0 spiro atoms. The molecule has 1 aromatic carbocycles. The topological polar surface area (TPSA) is 49.3 Å². The van der Waals surface area contributed by atoms with Crippen LogP contribution in [-0.2, 0) is 4.79 Å². The summed E-state index contributed by atoms with van der Waals surface area (Å²) in [5.41, 5.74) is 2.51. The summed E-state index contributed by atoms with van der Waals surface area (Å²) in [5, 5.41) is 11.6. The van der Waals surface area contributed by atoms with E-state index in [0.29, 0.717) is 18.0 Å². The van der Waals surface area contributed by atoms with Crippen LogP contribution in [0.1, 0.15) is 31.4 Å². The lowest BCUT2D eigenvalue weighted by Crippen LogP contribution is -2.14. The quantitative estimate of drug-likeness (QED) is 0.803. The van der Waals surface area contributed by atoms with Crippen LogP contribution in [0.25, 0.3) is 0 Å². The van der Waals surface area contributed by atoms with Crippen LogP contribution in [0.3, 0.4) is 0 Å². The van der Waals surface area contributed by atoms with Gasteiger partial charge >= 0.3 is 0 Å². The van der Waals surface area contributed by atoms with E-state index in [1.54, 1.807) is 0 Å². The van der Waals surface area contributed by atoms with Crippen molar-refractivity contribution in [3.05, 3.63) is 29.3 Å². The largest absolute Gasteiger partial charge is 0.384 e. The van der Waals surface area contributed by atoms with Gasteiger partial charge in [0.05, 0.1) is 5.69 Å². The van der Waals surface area contributed by atoms with Crippen molar-refractivity contribution in [3.63, 3.8) is 0 Å². The molecule has 0 aromatic heterocycles. The molecule has 96 valence electrons. The summed E-state index contributed by atoms with van der Waals surface area (Å²) in [7, 11) is 0. The Hall–Kier alpha value is -1.79. The van der Waals surface area contributed by atoms with E-state index in [-0.39, 0.29) is 12.5 Å². The van der Waals surface area contributed by atoms with E-state index >= 15 is 0 Å². The Morgan fingerprint density at radius 1 is 1.44 bits per heavy atom. The number of aryl methyl sites for hydroxylation is 1. The first-order valence-electron chi connectivity index (χ1n) is 6.03. The Balaban J connectivity index is 2.90. The molecule has 0 fully saturated rings. The number of aliphatic hydroxyl groups excluding tert-OH is 1. The average molecular weight is 245 g/mol. The maximum atomic E-state index is 11.7. The molecular formula is C15H19NO2. The Kier molecular flexibility index (Phi) is 5.41. The fourth-order valence-electron chi connectivity index (χ4n) is 1.58. The summed E-state index contributed by atoms with van der Waals surface area (Å²) in [6.45, 7) is 5.78. The minimum Gasteiger partial charge on any atom is -0.384 e. The lowest BCUT2D eigenvalue weighted by molar-refractivity contribution is -0.116. The lowest BCUT2D eigenvalue weighted by Gasteiger charge is -2.09. The van der Waals surface area contributed by atoms with Crippen molar-refractivity contribution < 1.29 is 9.90 Å². The first-order chi connectivity index (χ1) is 8.52. The third kappa shape index (κ3) is 4.60. The van der Waals surface area contributed by atoms with Crippen LogP contribution in [0, 0.1) is 24.7 Å². The van der Waals surface area contributed by atoms with Crippen molar-refractivity contribution in [3.8, 4) is 11.8 Å². The molecule has 3 nitrogen and oxygen atoms in total. The lowest BCUT2D eigenvalue weighted by atomic mass is 10.1. The van der Waals surface area contributed by atoms with Gasteiger partial charge < -0.3 is 10.4 Å². The van der Waals surface area contributed by atoms with Gasteiger partial charge in [-0.25, -0.2) is 0 Å². The van der Waals surface area contributed by atoms with Crippen LogP contribution >= 0.6 is 0 Å². The molecule has 0 aliphatic heterocycles. The van der Waals surface area contributed by atoms with Gasteiger partial charge in [0.1, 0.15) is 6.61 Å². The molecule has 2 N–H and O–H groups in total. The number of benzene rings is 1. The molecule has 0 saturated carbocycles. The summed E-state index contributed by atoms with van der Waals surface area (Å²) < 4.78 is 0. The number of anilines is 1. The summed E-state index contributed by atoms with van der Waals surface area (Å²) in [5.74, 6) is 5.76. The maximum absolute atomic E-state index is 11.7. The number of carbonyl (C=O) groups is 1. The van der Waals surface area contributed by atoms with Crippen molar-refractivity contribution in [1.82, 2.24) is 0 Å². The zero-order valence-electron chi connectivity index (χ0n) is 11.1. The van der Waals surface area contributed by atoms with Gasteiger partial charge in [-0.3, -0.25) is 4.79 Å². The number of rotatable bonds is 3. The van der Waals surface area contributed by atoms with E-state index in [4.69, 9.17) is 5.11 Å². The van der Waals surface area contributed by atoms with E-state index in [9.17, 15) is 4.79 Å². The van der Waals surface area contributed by atoms with Gasteiger partial charge in [-0.1, -0.05) is 31.8 Å². The van der Waals surface area contributed by atoms with E-state index in [1.165, 1.54) is 0 Å². The van der Waals surface area contributed by atoms with Crippen LogP contribution < -0.4 is 5.32 Å². The summed E-state index contributed by atoms with van der Waals surface area (Å²) in [6.07, 6.45) is 0.487. The Labute approximate surface area is 108 Å². The minimum absolute atomic E-state index is 0.0131. The van der Waals surface area contributed by atoms with Gasteiger partial charge in [0.15, 0.2) is 0 Å². The molecule has 0 aliphatic rings. The second kappa shape index (κ2) is 6.83. The summed E-state index contributed by atoms with van der Waals surface area (Å²) in [4.78, 5) is 11.7. The molecule has 0 unspecified atom stereocenters. The number of hydrogen-bond donors (Lipinski definition) is 2. The molecule has 18 heavy (non-hydrogen) atoms. The van der Waals surface area contributed by atoms with Crippen LogP contribution in [0.15, 0.2) is 18.2 Å². The molecule has 0 heterocycles. The van der Waals surface area contributed by atoms with E-state index in [1.807, 2.05) is 39.0 Å². The first-order valence-corrected chi connectivity index (χ1v) is 6.03. The van der Waals surface area contributed by atoms with Gasteiger partial charge in [0.25, 0.3) is 0 Å². The van der Waals surface area contributed by atoms with Crippen LogP contribution in [0.4, 0.5) is 5.69 Å². The summed E-state index contributed by atoms with van der Waals surface area (Å²) >= 11 is 0. The maximum Gasteiger partial charge on any atom is 0.224 e. The van der Waals surface area contributed by atoms with E-state index in [0.717, 1.165) is 11.1 Å². The highest BCUT2D eigenvalue weighted by Crippen LogP contribution is 2.17. The third-order valence-electron chi connectivity index (χ3n) is 2.34. The zero-order valence-corrected chi connectivity index (χ0v) is 11.1.